The topological polar surface area (TPSA) is 121 Å². The number of alkyl halides is 6. The van der Waals surface area contributed by atoms with E-state index >= 15 is 0 Å². The van der Waals surface area contributed by atoms with Gasteiger partial charge in [-0.3, -0.25) is 4.79 Å². The molecule has 2 aromatic carbocycles. The van der Waals surface area contributed by atoms with Crippen LogP contribution in [-0.4, -0.2) is 73.8 Å². The molecule has 2 fully saturated rings. The van der Waals surface area contributed by atoms with Gasteiger partial charge in [0.15, 0.2) is 9.84 Å². The van der Waals surface area contributed by atoms with Crippen molar-refractivity contribution in [2.75, 3.05) is 26.2 Å². The zero-order chi connectivity index (χ0) is 31.3. The van der Waals surface area contributed by atoms with Gasteiger partial charge in [0, 0.05) is 37.7 Å². The number of sulfone groups is 1. The van der Waals surface area contributed by atoms with Gasteiger partial charge in [0.1, 0.15) is 10.6 Å². The van der Waals surface area contributed by atoms with Gasteiger partial charge >= 0.3 is 18.4 Å². The smallest absolute Gasteiger partial charge is 0.369 e. The van der Waals surface area contributed by atoms with Gasteiger partial charge in [0.2, 0.25) is 5.91 Å². The molecule has 0 saturated carbocycles. The Labute approximate surface area is 235 Å². The zero-order valence-corrected chi connectivity index (χ0v) is 22.6. The lowest BCUT2D eigenvalue weighted by atomic mass is 9.89. The van der Waals surface area contributed by atoms with Gasteiger partial charge in [0.05, 0.1) is 4.90 Å². The molecule has 8 nitrogen and oxygen atoms in total. The van der Waals surface area contributed by atoms with Gasteiger partial charge in [0.25, 0.3) is 5.60 Å². The van der Waals surface area contributed by atoms with Crippen LogP contribution < -0.4 is 5.73 Å². The average Bonchev–Trinajstić information content (AvgIpc) is 3.39. The molecule has 2 aromatic rings. The lowest BCUT2D eigenvalue weighted by Gasteiger charge is -2.34. The van der Waals surface area contributed by atoms with E-state index in [1.165, 1.54) is 9.80 Å². The van der Waals surface area contributed by atoms with E-state index in [0.717, 1.165) is 36.4 Å². The second-order valence-corrected chi connectivity index (χ2v) is 12.6. The summed E-state index contributed by atoms with van der Waals surface area (Å²) in [6.45, 7) is -0.224. The number of benzene rings is 2. The van der Waals surface area contributed by atoms with Crippen molar-refractivity contribution in [3.05, 3.63) is 65.5 Å². The summed E-state index contributed by atoms with van der Waals surface area (Å²) >= 11 is 0. The van der Waals surface area contributed by atoms with Crippen LogP contribution in [0.1, 0.15) is 30.4 Å². The molecule has 2 heterocycles. The van der Waals surface area contributed by atoms with Crippen molar-refractivity contribution in [1.29, 1.82) is 0 Å². The summed E-state index contributed by atoms with van der Waals surface area (Å²) in [7, 11) is -4.53. The molecule has 0 bridgehead atoms. The predicted molar refractivity (Wildman–Crippen MR) is 133 cm³/mol. The van der Waals surface area contributed by atoms with Crippen molar-refractivity contribution in [3.63, 3.8) is 0 Å². The third-order valence-electron chi connectivity index (χ3n) is 7.99. The number of likely N-dealkylation sites (tertiary alicyclic amines) is 2. The summed E-state index contributed by atoms with van der Waals surface area (Å²) in [6.07, 6.45) is -12.1. The van der Waals surface area contributed by atoms with Crippen LogP contribution in [-0.2, 0) is 25.0 Å². The van der Waals surface area contributed by atoms with Gasteiger partial charge in [-0.05, 0) is 49.1 Å². The summed E-state index contributed by atoms with van der Waals surface area (Å²) < 4.78 is 120. The van der Waals surface area contributed by atoms with Crippen LogP contribution in [0.25, 0.3) is 0 Å². The first-order valence-electron chi connectivity index (χ1n) is 12.7. The fourth-order valence-corrected chi connectivity index (χ4v) is 7.61. The van der Waals surface area contributed by atoms with E-state index in [4.69, 9.17) is 5.73 Å². The first kappa shape index (κ1) is 31.5. The number of amides is 3. The van der Waals surface area contributed by atoms with Crippen LogP contribution in [0.2, 0.25) is 0 Å². The Hall–Kier alpha value is -3.40. The molecule has 2 aliphatic rings. The maximum absolute atomic E-state index is 14.0. The first-order valence-corrected chi connectivity index (χ1v) is 14.1. The fraction of sp³-hybridized carbons (Fsp3) is 0.462. The molecule has 0 aromatic heterocycles. The molecule has 0 unspecified atom stereocenters. The van der Waals surface area contributed by atoms with Gasteiger partial charge in [-0.2, -0.15) is 26.3 Å². The van der Waals surface area contributed by atoms with E-state index < -0.39 is 68.3 Å². The van der Waals surface area contributed by atoms with Crippen molar-refractivity contribution in [1.82, 2.24) is 9.80 Å². The summed E-state index contributed by atoms with van der Waals surface area (Å²) in [5.41, 5.74) is -1.75. The predicted octanol–water partition coefficient (Wildman–Crippen LogP) is 3.83. The van der Waals surface area contributed by atoms with E-state index in [0.29, 0.717) is 12.1 Å². The highest BCUT2D eigenvalue weighted by atomic mass is 32.2. The summed E-state index contributed by atoms with van der Waals surface area (Å²) in [4.78, 5) is 27.0. The van der Waals surface area contributed by atoms with Crippen LogP contribution in [0.4, 0.5) is 35.5 Å². The highest BCUT2D eigenvalue weighted by Crippen LogP contribution is 2.51. The zero-order valence-electron chi connectivity index (χ0n) is 21.8. The Kier molecular flexibility index (Phi) is 8.04. The lowest BCUT2D eigenvalue weighted by Crippen LogP contribution is -2.54. The minimum absolute atomic E-state index is 0.119. The number of aliphatic hydroxyl groups is 1. The van der Waals surface area contributed by atoms with Gasteiger partial charge < -0.3 is 20.6 Å². The third kappa shape index (κ3) is 5.18. The van der Waals surface area contributed by atoms with Crippen molar-refractivity contribution in [3.8, 4) is 0 Å². The third-order valence-corrected chi connectivity index (χ3v) is 10.5. The molecule has 3 amide bonds. The molecule has 0 radical (unpaired) electrons. The van der Waals surface area contributed by atoms with E-state index in [9.17, 15) is 53.8 Å². The Bertz CT molecular complexity index is 1420. The monoisotopic (exact) mass is 625 g/mol. The summed E-state index contributed by atoms with van der Waals surface area (Å²) in [5, 5.41) is 9.76. The highest BCUT2D eigenvalue weighted by Gasteiger charge is 2.71. The van der Waals surface area contributed by atoms with E-state index in [-0.39, 0.29) is 49.4 Å². The molecular weight excluding hydrogens is 599 g/mol. The number of carbonyl (C=O) groups is 2. The Morgan fingerprint density at radius 2 is 1.38 bits per heavy atom. The number of hydrogen-bond donors (Lipinski definition) is 2. The average molecular weight is 626 g/mol. The molecule has 230 valence electrons. The van der Waals surface area contributed by atoms with E-state index in [2.05, 4.69) is 0 Å². The SMILES string of the molecule is NC(=O)N1CCC(C(=O)N2CC[C@](c3ccc(C(O)(C(F)(F)F)C(F)(F)F)cc3)(S(=O)(=O)c3ccc(F)cc3)C2)CC1. The maximum Gasteiger partial charge on any atom is 0.430 e. The molecule has 1 atom stereocenters. The number of primary amides is 1. The normalized spacial score (nSPS) is 21.0. The molecule has 16 heteroatoms. The number of nitrogens with two attached hydrogens (primary N) is 1. The van der Waals surface area contributed by atoms with Crippen molar-refractivity contribution >= 4 is 21.8 Å². The molecule has 2 saturated heterocycles. The van der Waals surface area contributed by atoms with E-state index in [1.54, 1.807) is 0 Å². The van der Waals surface area contributed by atoms with Crippen LogP contribution in [0.3, 0.4) is 0 Å². The first-order chi connectivity index (χ1) is 19.3. The molecule has 3 N–H and O–H groups in total. The molecule has 42 heavy (non-hydrogen) atoms. The molecule has 2 aliphatic heterocycles. The maximum atomic E-state index is 14.0. The molecular formula is C26H26F7N3O5S. The summed E-state index contributed by atoms with van der Waals surface area (Å²) in [5.74, 6) is -1.77. The molecule has 4 rings (SSSR count). The van der Waals surface area contributed by atoms with Crippen LogP contribution >= 0.6 is 0 Å². The number of hydrogen-bond acceptors (Lipinski definition) is 5. The molecule has 0 spiro atoms. The second kappa shape index (κ2) is 10.7. The fourth-order valence-electron chi connectivity index (χ4n) is 5.53. The standard InChI is InChI=1S/C26H26F7N3O5S/c27-19-5-7-20(8-6-19)42(40,41)23(11-14-36(15-23)21(37)16-9-12-35(13-10-16)22(34)38)17-1-3-18(4-2-17)24(39,25(28,29)30)26(31,32)33/h1-8,16,39H,9-15H2,(H2,34,38)/t23-/m0/s1. The minimum Gasteiger partial charge on any atom is -0.369 e. The number of rotatable bonds is 5. The second-order valence-electron chi connectivity index (χ2n) is 10.3. The minimum atomic E-state index is -6.15. The largest absolute Gasteiger partial charge is 0.430 e. The number of piperidine rings is 1. The van der Waals surface area contributed by atoms with Crippen molar-refractivity contribution in [2.45, 2.75) is 46.9 Å². The number of carbonyl (C=O) groups excluding carboxylic acids is 2. The lowest BCUT2D eigenvalue weighted by molar-refractivity contribution is -0.376. The Morgan fingerprint density at radius 3 is 1.86 bits per heavy atom. The van der Waals surface area contributed by atoms with Crippen LogP contribution in [0, 0.1) is 11.7 Å². The molecule has 0 aliphatic carbocycles. The number of nitrogens with zero attached hydrogens (tertiary/aromatic N) is 2. The van der Waals surface area contributed by atoms with Gasteiger partial charge in [-0.25, -0.2) is 17.6 Å². The van der Waals surface area contributed by atoms with Crippen molar-refractivity contribution in [2.24, 2.45) is 11.7 Å². The number of halogens is 7. The quantitative estimate of drug-likeness (QED) is 0.387. The Balaban J connectivity index is 1.74. The van der Waals surface area contributed by atoms with Crippen LogP contribution in [0.15, 0.2) is 53.4 Å². The van der Waals surface area contributed by atoms with Crippen molar-refractivity contribution < 1.29 is 53.8 Å². The van der Waals surface area contributed by atoms with Gasteiger partial charge in [-0.15, -0.1) is 0 Å². The van der Waals surface area contributed by atoms with Gasteiger partial charge in [-0.1, -0.05) is 24.3 Å². The Morgan fingerprint density at radius 1 is 0.857 bits per heavy atom. The highest BCUT2D eigenvalue weighted by molar-refractivity contribution is 7.92. The summed E-state index contributed by atoms with van der Waals surface area (Å²) in [6, 6.07) is 5.23. The van der Waals surface area contributed by atoms with Crippen LogP contribution in [0.5, 0.6) is 0 Å². The number of urea groups is 1. The van der Waals surface area contributed by atoms with E-state index in [1.807, 2.05) is 0 Å².